The largest absolute Gasteiger partial charge is 0.374 e. The van der Waals surface area contributed by atoms with Crippen LogP contribution in [-0.4, -0.2) is 31.2 Å². The van der Waals surface area contributed by atoms with Crippen LogP contribution in [0.2, 0.25) is 0 Å². The van der Waals surface area contributed by atoms with Crippen LogP contribution in [0, 0.1) is 5.92 Å². The Balaban J connectivity index is 1.95. The highest BCUT2D eigenvalue weighted by Crippen LogP contribution is 2.25. The third kappa shape index (κ3) is 2.81. The number of hydrogen-bond acceptors (Lipinski definition) is 3. The Labute approximate surface area is 125 Å². The molecule has 4 nitrogen and oxygen atoms in total. The van der Waals surface area contributed by atoms with Crippen molar-refractivity contribution in [3.05, 3.63) is 40.7 Å². The number of nitrogens with zero attached hydrogens (tertiary/aromatic N) is 2. The van der Waals surface area contributed by atoms with E-state index in [9.17, 15) is 4.79 Å². The molecule has 0 aliphatic carbocycles. The number of hydrogen-bond donors (Lipinski definition) is 1. The van der Waals surface area contributed by atoms with Gasteiger partial charge in [0.1, 0.15) is 0 Å². The molecule has 21 heavy (non-hydrogen) atoms. The SMILES string of the molecule is CN(CC1CCCNC1)c1cc(=O)n(C)c2ccccc12. The van der Waals surface area contributed by atoms with Gasteiger partial charge in [0.25, 0.3) is 5.56 Å². The molecule has 1 aromatic carbocycles. The monoisotopic (exact) mass is 285 g/mol. The number of pyridine rings is 1. The van der Waals surface area contributed by atoms with E-state index in [1.165, 1.54) is 12.8 Å². The number of nitrogens with one attached hydrogen (secondary N) is 1. The lowest BCUT2D eigenvalue weighted by Crippen LogP contribution is -2.37. The van der Waals surface area contributed by atoms with Crippen molar-refractivity contribution in [1.82, 2.24) is 9.88 Å². The fourth-order valence-electron chi connectivity index (χ4n) is 3.27. The summed E-state index contributed by atoms with van der Waals surface area (Å²) in [6, 6.07) is 9.89. The Morgan fingerprint density at radius 2 is 2.19 bits per heavy atom. The third-order valence-corrected chi connectivity index (χ3v) is 4.47. The van der Waals surface area contributed by atoms with E-state index in [1.807, 2.05) is 25.2 Å². The van der Waals surface area contributed by atoms with E-state index in [0.29, 0.717) is 5.92 Å². The maximum Gasteiger partial charge on any atom is 0.252 e. The topological polar surface area (TPSA) is 37.3 Å². The molecule has 0 spiro atoms. The number of para-hydroxylation sites is 1. The van der Waals surface area contributed by atoms with Gasteiger partial charge in [-0.2, -0.15) is 0 Å². The molecule has 1 aliphatic rings. The van der Waals surface area contributed by atoms with E-state index in [-0.39, 0.29) is 5.56 Å². The number of anilines is 1. The zero-order chi connectivity index (χ0) is 14.8. The van der Waals surface area contributed by atoms with Gasteiger partial charge < -0.3 is 14.8 Å². The molecule has 1 fully saturated rings. The second-order valence-corrected chi connectivity index (χ2v) is 6.04. The highest BCUT2D eigenvalue weighted by Gasteiger charge is 2.17. The number of fused-ring (bicyclic) bond motifs is 1. The fourth-order valence-corrected chi connectivity index (χ4v) is 3.27. The number of piperidine rings is 1. The molecule has 1 atom stereocenters. The second kappa shape index (κ2) is 5.90. The van der Waals surface area contributed by atoms with Gasteiger partial charge in [-0.3, -0.25) is 4.79 Å². The van der Waals surface area contributed by atoms with Crippen molar-refractivity contribution in [1.29, 1.82) is 0 Å². The van der Waals surface area contributed by atoms with Crippen molar-refractivity contribution in [2.75, 3.05) is 31.6 Å². The van der Waals surface area contributed by atoms with Gasteiger partial charge in [0, 0.05) is 32.1 Å². The average Bonchev–Trinajstić information content (AvgIpc) is 2.52. The van der Waals surface area contributed by atoms with Crippen LogP contribution in [0.15, 0.2) is 35.1 Å². The summed E-state index contributed by atoms with van der Waals surface area (Å²) in [6.45, 7) is 3.20. The molecule has 4 heteroatoms. The van der Waals surface area contributed by atoms with Crippen molar-refractivity contribution < 1.29 is 0 Å². The molecule has 1 saturated heterocycles. The molecule has 112 valence electrons. The Hall–Kier alpha value is -1.81. The van der Waals surface area contributed by atoms with Gasteiger partial charge in [-0.05, 0) is 37.9 Å². The molecule has 0 saturated carbocycles. The molecule has 0 bridgehead atoms. The molecule has 1 unspecified atom stereocenters. The van der Waals surface area contributed by atoms with Crippen LogP contribution in [-0.2, 0) is 7.05 Å². The number of benzene rings is 1. The van der Waals surface area contributed by atoms with Crippen molar-refractivity contribution >= 4 is 16.6 Å². The van der Waals surface area contributed by atoms with Crippen LogP contribution in [0.4, 0.5) is 5.69 Å². The summed E-state index contributed by atoms with van der Waals surface area (Å²) in [5.41, 5.74) is 2.09. The zero-order valence-electron chi connectivity index (χ0n) is 12.8. The first kappa shape index (κ1) is 14.1. The first-order valence-corrected chi connectivity index (χ1v) is 7.67. The maximum absolute atomic E-state index is 12.2. The van der Waals surface area contributed by atoms with Gasteiger partial charge in [0.15, 0.2) is 0 Å². The quantitative estimate of drug-likeness (QED) is 0.937. The normalized spacial score (nSPS) is 18.9. The van der Waals surface area contributed by atoms with Gasteiger partial charge in [-0.25, -0.2) is 0 Å². The zero-order valence-corrected chi connectivity index (χ0v) is 12.8. The maximum atomic E-state index is 12.2. The standard InChI is InChI=1S/C17H23N3O/c1-19(12-13-6-5-9-18-11-13)16-10-17(21)20(2)15-8-4-3-7-14(15)16/h3-4,7-8,10,13,18H,5-6,9,11-12H2,1-2H3. The summed E-state index contributed by atoms with van der Waals surface area (Å²) in [5.74, 6) is 0.659. The van der Waals surface area contributed by atoms with E-state index < -0.39 is 0 Å². The first-order chi connectivity index (χ1) is 10.2. The molecule has 1 aromatic heterocycles. The number of aromatic nitrogens is 1. The van der Waals surface area contributed by atoms with E-state index in [1.54, 1.807) is 10.6 Å². The molecule has 3 rings (SSSR count). The lowest BCUT2D eigenvalue weighted by atomic mass is 9.99. The van der Waals surface area contributed by atoms with Crippen molar-refractivity contribution in [2.24, 2.45) is 13.0 Å². The highest BCUT2D eigenvalue weighted by atomic mass is 16.1. The number of aryl methyl sites for hydroxylation is 1. The smallest absolute Gasteiger partial charge is 0.252 e. The van der Waals surface area contributed by atoms with Crippen LogP contribution in [0.5, 0.6) is 0 Å². The highest BCUT2D eigenvalue weighted by molar-refractivity contribution is 5.91. The molecule has 0 amide bonds. The van der Waals surface area contributed by atoms with Crippen LogP contribution in [0.1, 0.15) is 12.8 Å². The van der Waals surface area contributed by atoms with Gasteiger partial charge >= 0.3 is 0 Å². The molecular formula is C17H23N3O. The Kier molecular flexibility index (Phi) is 3.97. The van der Waals surface area contributed by atoms with Crippen LogP contribution in [0.25, 0.3) is 10.9 Å². The van der Waals surface area contributed by atoms with Crippen LogP contribution < -0.4 is 15.8 Å². The van der Waals surface area contributed by atoms with Crippen LogP contribution >= 0.6 is 0 Å². The lowest BCUT2D eigenvalue weighted by molar-refractivity contribution is 0.381. The van der Waals surface area contributed by atoms with Gasteiger partial charge in [0.05, 0.1) is 11.2 Å². The molecule has 2 heterocycles. The van der Waals surface area contributed by atoms with Crippen molar-refractivity contribution in [3.63, 3.8) is 0 Å². The molecule has 0 radical (unpaired) electrons. The predicted octanol–water partition coefficient (Wildman–Crippen LogP) is 1.97. The summed E-state index contributed by atoms with van der Waals surface area (Å²) < 4.78 is 1.72. The summed E-state index contributed by atoms with van der Waals surface area (Å²) in [5, 5.41) is 4.60. The number of rotatable bonds is 3. The summed E-state index contributed by atoms with van der Waals surface area (Å²) in [6.07, 6.45) is 2.51. The van der Waals surface area contributed by atoms with E-state index in [4.69, 9.17) is 0 Å². The Morgan fingerprint density at radius 1 is 1.38 bits per heavy atom. The van der Waals surface area contributed by atoms with E-state index >= 15 is 0 Å². The minimum absolute atomic E-state index is 0.0531. The third-order valence-electron chi connectivity index (χ3n) is 4.47. The molecule has 1 N–H and O–H groups in total. The minimum Gasteiger partial charge on any atom is -0.374 e. The summed E-state index contributed by atoms with van der Waals surface area (Å²) in [7, 11) is 3.93. The molecule has 1 aliphatic heterocycles. The van der Waals surface area contributed by atoms with Crippen molar-refractivity contribution in [3.8, 4) is 0 Å². The molecular weight excluding hydrogens is 262 g/mol. The minimum atomic E-state index is 0.0531. The lowest BCUT2D eigenvalue weighted by Gasteiger charge is -2.29. The predicted molar refractivity (Wildman–Crippen MR) is 88.1 cm³/mol. The first-order valence-electron chi connectivity index (χ1n) is 7.67. The second-order valence-electron chi connectivity index (χ2n) is 6.04. The molecule has 2 aromatic rings. The summed E-state index contributed by atoms with van der Waals surface area (Å²) in [4.78, 5) is 14.4. The average molecular weight is 285 g/mol. The van der Waals surface area contributed by atoms with Gasteiger partial charge in [-0.15, -0.1) is 0 Å². The van der Waals surface area contributed by atoms with E-state index in [2.05, 4.69) is 23.3 Å². The summed E-state index contributed by atoms with van der Waals surface area (Å²) >= 11 is 0. The van der Waals surface area contributed by atoms with E-state index in [0.717, 1.165) is 36.2 Å². The Morgan fingerprint density at radius 3 is 2.95 bits per heavy atom. The van der Waals surface area contributed by atoms with Gasteiger partial charge in [-0.1, -0.05) is 18.2 Å². The fraction of sp³-hybridized carbons (Fsp3) is 0.471. The van der Waals surface area contributed by atoms with Crippen LogP contribution in [0.3, 0.4) is 0 Å². The van der Waals surface area contributed by atoms with Crippen molar-refractivity contribution in [2.45, 2.75) is 12.8 Å². The Bertz CT molecular complexity index is 686. The van der Waals surface area contributed by atoms with Gasteiger partial charge in [0.2, 0.25) is 0 Å².